The number of morpholine rings is 2. The summed E-state index contributed by atoms with van der Waals surface area (Å²) in [5.41, 5.74) is 0.977. The van der Waals surface area contributed by atoms with E-state index in [0.29, 0.717) is 57.4 Å². The maximum atomic E-state index is 12.7. The van der Waals surface area contributed by atoms with Gasteiger partial charge in [-0.1, -0.05) is 29.8 Å². The van der Waals surface area contributed by atoms with Crippen molar-refractivity contribution in [2.45, 2.75) is 12.5 Å². The third kappa shape index (κ3) is 4.04. The number of hydrogen-bond donors (Lipinski definition) is 0. The molecule has 1 aromatic rings. The summed E-state index contributed by atoms with van der Waals surface area (Å²) < 4.78 is 39.4. The first-order chi connectivity index (χ1) is 11.1. The summed E-state index contributed by atoms with van der Waals surface area (Å²) in [5.74, 6) is 0. The van der Waals surface area contributed by atoms with E-state index < -0.39 is 10.2 Å². The normalized spacial score (nSPS) is 24.7. The van der Waals surface area contributed by atoms with Crippen LogP contribution in [0.5, 0.6) is 0 Å². The molecule has 2 heterocycles. The molecule has 0 N–H and O–H groups in total. The predicted octanol–water partition coefficient (Wildman–Crippen LogP) is 1.16. The van der Waals surface area contributed by atoms with Gasteiger partial charge in [-0.3, -0.25) is 0 Å². The van der Waals surface area contributed by atoms with Crippen LogP contribution in [0.4, 0.5) is 0 Å². The molecule has 0 spiro atoms. The molecule has 0 aromatic heterocycles. The summed E-state index contributed by atoms with van der Waals surface area (Å²) in [6, 6.07) is 7.58. The molecule has 128 valence electrons. The number of benzene rings is 1. The highest BCUT2D eigenvalue weighted by molar-refractivity contribution is 7.86. The van der Waals surface area contributed by atoms with Gasteiger partial charge in [0.1, 0.15) is 0 Å². The molecule has 0 saturated carbocycles. The molecule has 0 aliphatic carbocycles. The number of nitrogens with zero attached hydrogens (tertiary/aromatic N) is 2. The molecule has 2 saturated heterocycles. The van der Waals surface area contributed by atoms with E-state index in [9.17, 15) is 8.42 Å². The van der Waals surface area contributed by atoms with E-state index in [-0.39, 0.29) is 6.10 Å². The molecule has 1 aromatic carbocycles. The zero-order valence-electron chi connectivity index (χ0n) is 12.9. The molecule has 23 heavy (non-hydrogen) atoms. The maximum absolute atomic E-state index is 12.7. The lowest BCUT2D eigenvalue weighted by Gasteiger charge is -2.36. The molecule has 3 rings (SSSR count). The highest BCUT2D eigenvalue weighted by Crippen LogP contribution is 2.21. The minimum Gasteiger partial charge on any atom is -0.379 e. The lowest BCUT2D eigenvalue weighted by molar-refractivity contribution is -0.00414. The zero-order valence-corrected chi connectivity index (χ0v) is 14.4. The minimum absolute atomic E-state index is 0.181. The largest absolute Gasteiger partial charge is 0.379 e. The summed E-state index contributed by atoms with van der Waals surface area (Å²) in [5, 5.41) is 0.684. The van der Waals surface area contributed by atoms with Gasteiger partial charge in [0.25, 0.3) is 10.2 Å². The lowest BCUT2D eigenvalue weighted by atomic mass is 10.1. The molecule has 2 aliphatic rings. The summed E-state index contributed by atoms with van der Waals surface area (Å²) >= 11 is 6.18. The van der Waals surface area contributed by atoms with Crippen LogP contribution in [0.15, 0.2) is 24.3 Å². The third-order valence-electron chi connectivity index (χ3n) is 4.13. The molecule has 2 aliphatic heterocycles. The Morgan fingerprint density at radius 3 is 2.52 bits per heavy atom. The van der Waals surface area contributed by atoms with Crippen LogP contribution in [0.1, 0.15) is 5.56 Å². The van der Waals surface area contributed by atoms with Crippen molar-refractivity contribution in [2.75, 3.05) is 46.0 Å². The van der Waals surface area contributed by atoms with Gasteiger partial charge >= 0.3 is 0 Å². The van der Waals surface area contributed by atoms with E-state index in [2.05, 4.69) is 0 Å². The summed E-state index contributed by atoms with van der Waals surface area (Å²) in [6.07, 6.45) is 0.425. The standard InChI is InChI=1S/C15H21ClN2O4S/c16-15-4-2-1-3-13(15)11-14-12-18(7-10-22-14)23(19,20)17-5-8-21-9-6-17/h1-4,14H,5-12H2. The summed E-state index contributed by atoms with van der Waals surface area (Å²) in [7, 11) is -3.45. The highest BCUT2D eigenvalue weighted by Gasteiger charge is 2.34. The summed E-state index contributed by atoms with van der Waals surface area (Å²) in [6.45, 7) is 2.87. The van der Waals surface area contributed by atoms with Crippen molar-refractivity contribution >= 4 is 21.8 Å². The molecule has 1 unspecified atom stereocenters. The van der Waals surface area contributed by atoms with Crippen LogP contribution in [0.3, 0.4) is 0 Å². The second-order valence-corrected chi connectivity index (χ2v) is 8.00. The third-order valence-corrected chi connectivity index (χ3v) is 6.50. The van der Waals surface area contributed by atoms with Crippen LogP contribution < -0.4 is 0 Å². The quantitative estimate of drug-likeness (QED) is 0.808. The Morgan fingerprint density at radius 1 is 1.09 bits per heavy atom. The van der Waals surface area contributed by atoms with Crippen LogP contribution in [-0.4, -0.2) is 69.1 Å². The SMILES string of the molecule is O=S(=O)(N1CCOCC1)N1CCOC(Cc2ccccc2Cl)C1. The van der Waals surface area contributed by atoms with Gasteiger partial charge < -0.3 is 9.47 Å². The van der Waals surface area contributed by atoms with Gasteiger partial charge in [0.15, 0.2) is 0 Å². The van der Waals surface area contributed by atoms with E-state index in [1.54, 1.807) is 0 Å². The number of rotatable bonds is 4. The van der Waals surface area contributed by atoms with Crippen LogP contribution >= 0.6 is 11.6 Å². The Hall–Kier alpha value is -0.700. The van der Waals surface area contributed by atoms with Gasteiger partial charge in [-0.05, 0) is 11.6 Å². The Balaban J connectivity index is 1.67. The van der Waals surface area contributed by atoms with Crippen LogP contribution in [0.25, 0.3) is 0 Å². The van der Waals surface area contributed by atoms with Gasteiger partial charge in [-0.15, -0.1) is 0 Å². The molecule has 0 radical (unpaired) electrons. The van der Waals surface area contributed by atoms with E-state index in [0.717, 1.165) is 5.56 Å². The van der Waals surface area contributed by atoms with Crippen LogP contribution in [0, 0.1) is 0 Å². The van der Waals surface area contributed by atoms with Crippen molar-refractivity contribution in [2.24, 2.45) is 0 Å². The van der Waals surface area contributed by atoms with Crippen molar-refractivity contribution in [3.8, 4) is 0 Å². The average Bonchev–Trinajstić information content (AvgIpc) is 2.58. The van der Waals surface area contributed by atoms with E-state index in [1.807, 2.05) is 24.3 Å². The first-order valence-corrected chi connectivity index (χ1v) is 9.53. The smallest absolute Gasteiger partial charge is 0.282 e. The average molecular weight is 361 g/mol. The van der Waals surface area contributed by atoms with Crippen molar-refractivity contribution in [3.63, 3.8) is 0 Å². The Bertz CT molecular complexity index is 634. The molecular weight excluding hydrogens is 340 g/mol. The fraction of sp³-hybridized carbons (Fsp3) is 0.600. The molecule has 8 heteroatoms. The molecular formula is C15H21ClN2O4S. The predicted molar refractivity (Wildman–Crippen MR) is 87.8 cm³/mol. The second kappa shape index (κ2) is 7.46. The van der Waals surface area contributed by atoms with Crippen molar-refractivity contribution in [3.05, 3.63) is 34.9 Å². The zero-order chi connectivity index (χ0) is 16.3. The van der Waals surface area contributed by atoms with Crippen molar-refractivity contribution in [1.29, 1.82) is 0 Å². The van der Waals surface area contributed by atoms with Gasteiger partial charge in [0.2, 0.25) is 0 Å². The van der Waals surface area contributed by atoms with Gasteiger partial charge in [-0.2, -0.15) is 17.0 Å². The minimum atomic E-state index is -3.45. The second-order valence-electron chi connectivity index (χ2n) is 5.67. The van der Waals surface area contributed by atoms with Crippen molar-refractivity contribution in [1.82, 2.24) is 8.61 Å². The number of ether oxygens (including phenoxy) is 2. The van der Waals surface area contributed by atoms with Crippen LogP contribution in [-0.2, 0) is 26.1 Å². The van der Waals surface area contributed by atoms with Gasteiger partial charge in [0, 0.05) is 37.6 Å². The highest BCUT2D eigenvalue weighted by atomic mass is 35.5. The van der Waals surface area contributed by atoms with E-state index in [1.165, 1.54) is 8.61 Å². The van der Waals surface area contributed by atoms with E-state index in [4.69, 9.17) is 21.1 Å². The Morgan fingerprint density at radius 2 is 1.78 bits per heavy atom. The fourth-order valence-electron chi connectivity index (χ4n) is 2.88. The molecule has 6 nitrogen and oxygen atoms in total. The van der Waals surface area contributed by atoms with Crippen LogP contribution in [0.2, 0.25) is 5.02 Å². The van der Waals surface area contributed by atoms with E-state index >= 15 is 0 Å². The Labute approximate surface area is 142 Å². The van der Waals surface area contributed by atoms with Gasteiger partial charge in [0.05, 0.1) is 25.9 Å². The molecule has 0 bridgehead atoms. The fourth-order valence-corrected chi connectivity index (χ4v) is 4.69. The lowest BCUT2D eigenvalue weighted by Crippen LogP contribution is -2.54. The summed E-state index contributed by atoms with van der Waals surface area (Å²) in [4.78, 5) is 0. The topological polar surface area (TPSA) is 59.1 Å². The Kier molecular flexibility index (Phi) is 5.56. The van der Waals surface area contributed by atoms with Crippen molar-refractivity contribution < 1.29 is 17.9 Å². The number of halogens is 1. The monoisotopic (exact) mass is 360 g/mol. The van der Waals surface area contributed by atoms with Gasteiger partial charge in [-0.25, -0.2) is 0 Å². The maximum Gasteiger partial charge on any atom is 0.282 e. The number of hydrogen-bond acceptors (Lipinski definition) is 4. The molecule has 2 fully saturated rings. The molecule has 0 amide bonds. The molecule has 1 atom stereocenters. The first-order valence-electron chi connectivity index (χ1n) is 7.75. The first kappa shape index (κ1) is 17.1.